The molecule has 3 N–H and O–H groups in total. The fourth-order valence-electron chi connectivity index (χ4n) is 3.69. The predicted octanol–water partition coefficient (Wildman–Crippen LogP) is 0.0823. The number of likely N-dealkylation sites (N-methyl/N-ethyl adjacent to an activating group) is 1. The Labute approximate surface area is 183 Å². The highest BCUT2D eigenvalue weighted by Crippen LogP contribution is 2.24. The third-order valence-corrected chi connectivity index (χ3v) is 5.41. The van der Waals surface area contributed by atoms with Gasteiger partial charge in [-0.1, -0.05) is 36.4 Å². The van der Waals surface area contributed by atoms with Gasteiger partial charge in [0.1, 0.15) is 10.7 Å². The third-order valence-electron chi connectivity index (χ3n) is 5.41. The van der Waals surface area contributed by atoms with E-state index in [-0.39, 0.29) is 16.7 Å². The summed E-state index contributed by atoms with van der Waals surface area (Å²) in [5, 5.41) is 9.74. The average molecular weight is 433 g/mol. The minimum atomic E-state index is -0.963. The first-order valence-corrected chi connectivity index (χ1v) is 10.2. The third kappa shape index (κ3) is 4.68. The Morgan fingerprint density at radius 2 is 1.72 bits per heavy atom. The number of amides is 1. The Hall–Kier alpha value is -3.98. The fraction of sp³-hybridized carbons (Fsp3) is 0.217. The first kappa shape index (κ1) is 21.3. The van der Waals surface area contributed by atoms with Gasteiger partial charge in [-0.2, -0.15) is 0 Å². The van der Waals surface area contributed by atoms with Crippen molar-refractivity contribution in [3.05, 3.63) is 96.9 Å². The maximum Gasteiger partial charge on any atom is 0.407 e. The maximum absolute atomic E-state index is 12.5. The molecule has 2 aromatic heterocycles. The highest BCUT2D eigenvalue weighted by Gasteiger charge is 2.30. The second kappa shape index (κ2) is 9.03. The van der Waals surface area contributed by atoms with Gasteiger partial charge < -0.3 is 20.0 Å². The molecule has 1 amide bonds. The van der Waals surface area contributed by atoms with Crippen LogP contribution in [0.2, 0.25) is 0 Å². The first-order valence-electron chi connectivity index (χ1n) is 10.2. The van der Waals surface area contributed by atoms with Gasteiger partial charge in [0.15, 0.2) is 0 Å². The minimum absolute atomic E-state index is 0.0880. The van der Waals surface area contributed by atoms with Crippen molar-refractivity contribution in [1.82, 2.24) is 24.8 Å². The smallest absolute Gasteiger partial charge is 0.407 e. The second-order valence-electron chi connectivity index (χ2n) is 7.71. The van der Waals surface area contributed by atoms with E-state index in [2.05, 4.69) is 19.9 Å². The largest absolute Gasteiger partial charge is 0.465 e. The molecule has 9 heteroatoms. The summed E-state index contributed by atoms with van der Waals surface area (Å²) in [7, 11) is 1.95. The molecule has 1 atom stereocenters. The number of aromatic amines is 2. The molecule has 164 valence electrons. The number of nitrogens with zero attached hydrogens (tertiary/aromatic N) is 3. The monoisotopic (exact) mass is 433 g/mol. The van der Waals surface area contributed by atoms with Gasteiger partial charge in [0.25, 0.3) is 11.1 Å². The standard InChI is InChI=1S/C23H23N5O4/c1-27-9-10-28(23(31)32)20(14-27)16-7-8-17(24-13-16)12-19-22(30)25-18(21(29)26-19)11-15-5-3-2-4-6-15/h2-8,11-13,20H,9-10,14H2,1H3,(H,25,30)(H,26,29)(H,31,32)/b18-11-,19-12-. The summed E-state index contributed by atoms with van der Waals surface area (Å²) in [5.74, 6) is 0. The Balaban J connectivity index is 1.64. The molecule has 9 nitrogen and oxygen atoms in total. The topological polar surface area (TPSA) is 122 Å². The zero-order valence-corrected chi connectivity index (χ0v) is 17.5. The molecule has 4 rings (SSSR count). The van der Waals surface area contributed by atoms with Crippen LogP contribution < -0.4 is 21.8 Å². The average Bonchev–Trinajstić information content (AvgIpc) is 2.78. The van der Waals surface area contributed by atoms with Gasteiger partial charge in [0, 0.05) is 25.8 Å². The SMILES string of the molecule is CN1CCN(C(=O)O)C(c2ccc(/C=c3\[nH]c(=O)/c(=C/c4ccccc4)[nH]c3=O)nc2)C1. The molecule has 1 unspecified atom stereocenters. The molecule has 1 saturated heterocycles. The number of rotatable bonds is 3. The number of benzene rings is 1. The summed E-state index contributed by atoms with van der Waals surface area (Å²) in [6.45, 7) is 1.67. The minimum Gasteiger partial charge on any atom is -0.465 e. The van der Waals surface area contributed by atoms with Crippen LogP contribution in [-0.2, 0) is 0 Å². The predicted molar refractivity (Wildman–Crippen MR) is 120 cm³/mol. The molecule has 0 aliphatic carbocycles. The lowest BCUT2D eigenvalue weighted by atomic mass is 10.0. The van der Waals surface area contributed by atoms with Crippen LogP contribution in [0.15, 0.2) is 58.3 Å². The molecule has 1 aromatic carbocycles. The molecule has 1 aliphatic rings. The molecular formula is C23H23N5O4. The molecule has 0 bridgehead atoms. The zero-order chi connectivity index (χ0) is 22.7. The van der Waals surface area contributed by atoms with E-state index in [9.17, 15) is 19.5 Å². The van der Waals surface area contributed by atoms with Crippen molar-refractivity contribution in [2.75, 3.05) is 26.7 Å². The quantitative estimate of drug-likeness (QED) is 0.538. The molecule has 0 spiro atoms. The number of carboxylic acid groups (broad SMARTS) is 1. The van der Waals surface area contributed by atoms with Gasteiger partial charge in [-0.05, 0) is 36.4 Å². The van der Waals surface area contributed by atoms with Crippen molar-refractivity contribution in [3.8, 4) is 0 Å². The highest BCUT2D eigenvalue weighted by atomic mass is 16.4. The number of hydrogen-bond acceptors (Lipinski definition) is 5. The van der Waals surface area contributed by atoms with E-state index in [0.29, 0.717) is 25.3 Å². The summed E-state index contributed by atoms with van der Waals surface area (Å²) in [6.07, 6.45) is 3.73. The number of pyridine rings is 1. The Morgan fingerprint density at radius 3 is 2.34 bits per heavy atom. The molecule has 0 saturated carbocycles. The van der Waals surface area contributed by atoms with E-state index in [4.69, 9.17) is 0 Å². The summed E-state index contributed by atoms with van der Waals surface area (Å²) in [6, 6.07) is 12.4. The van der Waals surface area contributed by atoms with Crippen molar-refractivity contribution in [1.29, 1.82) is 0 Å². The van der Waals surface area contributed by atoms with Gasteiger partial charge in [-0.15, -0.1) is 0 Å². The maximum atomic E-state index is 12.5. The van der Waals surface area contributed by atoms with E-state index >= 15 is 0 Å². The number of nitrogens with one attached hydrogen (secondary N) is 2. The molecular weight excluding hydrogens is 410 g/mol. The Kier molecular flexibility index (Phi) is 6.00. The van der Waals surface area contributed by atoms with Crippen LogP contribution in [0.4, 0.5) is 4.79 Å². The molecule has 1 fully saturated rings. The van der Waals surface area contributed by atoms with Crippen LogP contribution in [0.3, 0.4) is 0 Å². The Bertz CT molecular complexity index is 1350. The normalized spacial score (nSPS) is 18.2. The van der Waals surface area contributed by atoms with Gasteiger partial charge in [-0.3, -0.25) is 19.5 Å². The number of hydrogen-bond donors (Lipinski definition) is 3. The summed E-state index contributed by atoms with van der Waals surface area (Å²) < 4.78 is 0. The van der Waals surface area contributed by atoms with Gasteiger partial charge >= 0.3 is 6.09 Å². The van der Waals surface area contributed by atoms with Gasteiger partial charge in [0.2, 0.25) is 0 Å². The van der Waals surface area contributed by atoms with E-state index in [1.54, 1.807) is 24.4 Å². The summed E-state index contributed by atoms with van der Waals surface area (Å²) in [4.78, 5) is 49.5. The lowest BCUT2D eigenvalue weighted by Crippen LogP contribution is -2.48. The van der Waals surface area contributed by atoms with E-state index in [1.807, 2.05) is 37.4 Å². The van der Waals surface area contributed by atoms with Crippen molar-refractivity contribution < 1.29 is 9.90 Å². The van der Waals surface area contributed by atoms with E-state index in [0.717, 1.165) is 11.1 Å². The second-order valence-corrected chi connectivity index (χ2v) is 7.71. The van der Waals surface area contributed by atoms with Crippen LogP contribution in [0.5, 0.6) is 0 Å². The lowest BCUT2D eigenvalue weighted by molar-refractivity contribution is 0.0774. The van der Waals surface area contributed by atoms with Crippen LogP contribution >= 0.6 is 0 Å². The van der Waals surface area contributed by atoms with Crippen LogP contribution in [-0.4, -0.2) is 62.6 Å². The fourth-order valence-corrected chi connectivity index (χ4v) is 3.69. The summed E-state index contributed by atoms with van der Waals surface area (Å²) >= 11 is 0. The highest BCUT2D eigenvalue weighted by molar-refractivity contribution is 5.66. The first-order chi connectivity index (χ1) is 15.4. The number of H-pyrrole nitrogens is 2. The van der Waals surface area contributed by atoms with Crippen LogP contribution in [0.1, 0.15) is 22.9 Å². The molecule has 32 heavy (non-hydrogen) atoms. The molecule has 3 heterocycles. The number of piperazine rings is 1. The molecule has 0 radical (unpaired) electrons. The van der Waals surface area contributed by atoms with Crippen LogP contribution in [0, 0.1) is 0 Å². The van der Waals surface area contributed by atoms with Crippen molar-refractivity contribution in [2.45, 2.75) is 6.04 Å². The molecule has 1 aliphatic heterocycles. The van der Waals surface area contributed by atoms with Gasteiger partial charge in [-0.25, -0.2) is 4.79 Å². The van der Waals surface area contributed by atoms with E-state index in [1.165, 1.54) is 11.0 Å². The number of carbonyl (C=O) groups is 1. The zero-order valence-electron chi connectivity index (χ0n) is 17.5. The van der Waals surface area contributed by atoms with E-state index < -0.39 is 17.2 Å². The molecule has 3 aromatic rings. The Morgan fingerprint density at radius 1 is 1.03 bits per heavy atom. The number of aromatic nitrogens is 3. The van der Waals surface area contributed by atoms with Crippen molar-refractivity contribution in [2.24, 2.45) is 0 Å². The van der Waals surface area contributed by atoms with Crippen molar-refractivity contribution in [3.63, 3.8) is 0 Å². The lowest BCUT2D eigenvalue weighted by Gasteiger charge is -2.38. The van der Waals surface area contributed by atoms with Crippen LogP contribution in [0.25, 0.3) is 12.2 Å². The van der Waals surface area contributed by atoms with Crippen molar-refractivity contribution >= 4 is 18.2 Å². The van der Waals surface area contributed by atoms with Gasteiger partial charge in [0.05, 0.1) is 11.7 Å². The summed E-state index contributed by atoms with van der Waals surface area (Å²) in [5.41, 5.74) is 1.18.